The summed E-state index contributed by atoms with van der Waals surface area (Å²) in [6, 6.07) is 9.66. The molecule has 1 aromatic carbocycles. The van der Waals surface area contributed by atoms with Gasteiger partial charge in [-0.3, -0.25) is 5.32 Å². The van der Waals surface area contributed by atoms with Gasteiger partial charge in [-0.05, 0) is 48.3 Å². The minimum absolute atomic E-state index is 0.526. The highest BCUT2D eigenvalue weighted by molar-refractivity contribution is 9.10. The molecule has 2 N–H and O–H groups in total. The van der Waals surface area contributed by atoms with Crippen LogP contribution >= 0.6 is 15.9 Å². The van der Waals surface area contributed by atoms with Crippen LogP contribution in [0.15, 0.2) is 41.1 Å². The van der Waals surface area contributed by atoms with Gasteiger partial charge in [0.1, 0.15) is 10.2 Å². The minimum atomic E-state index is -0.564. The monoisotopic (exact) mass is 363 g/mol. The van der Waals surface area contributed by atoms with Crippen molar-refractivity contribution in [2.45, 2.75) is 26.4 Å². The molecule has 1 amide bonds. The molecule has 5 nitrogen and oxygen atoms in total. The van der Waals surface area contributed by atoms with Gasteiger partial charge in [0.2, 0.25) is 0 Å². The maximum atomic E-state index is 12.0. The number of carbonyl (C=O) groups is 1. The third-order valence-corrected chi connectivity index (χ3v) is 2.95. The number of amides is 1. The number of nitrogens with zero attached hydrogens (tertiary/aromatic N) is 1. The third-order valence-electron chi connectivity index (χ3n) is 2.55. The van der Waals surface area contributed by atoms with Gasteiger partial charge in [-0.1, -0.05) is 30.3 Å². The van der Waals surface area contributed by atoms with Crippen molar-refractivity contribution < 1.29 is 9.53 Å². The van der Waals surface area contributed by atoms with Gasteiger partial charge in [-0.25, -0.2) is 9.78 Å². The van der Waals surface area contributed by atoms with Gasteiger partial charge < -0.3 is 9.72 Å². The number of nitrogens with one attached hydrogen (secondary N) is 2. The lowest BCUT2D eigenvalue weighted by Gasteiger charge is -2.20. The molecule has 0 atom stereocenters. The number of carbonyl (C=O) groups excluding carboxylic acids is 1. The molecular weight excluding hydrogens is 346 g/mol. The number of imidazole rings is 1. The first-order chi connectivity index (χ1) is 10.3. The number of halogens is 1. The largest absolute Gasteiger partial charge is 0.444 e. The lowest BCUT2D eigenvalue weighted by atomic mass is 10.2. The number of hydrogen-bond acceptors (Lipinski definition) is 3. The van der Waals surface area contributed by atoms with Crippen molar-refractivity contribution in [1.29, 1.82) is 0 Å². The molecule has 6 heteroatoms. The van der Waals surface area contributed by atoms with Gasteiger partial charge in [0.25, 0.3) is 0 Å². The SMILES string of the molecule is CC(C)(C)OC(=O)NC(=Cc1ccccc1)c1ncc(Br)[nH]1. The Morgan fingerprint density at radius 2 is 2.00 bits per heavy atom. The lowest BCUT2D eigenvalue weighted by Crippen LogP contribution is -2.31. The van der Waals surface area contributed by atoms with Gasteiger partial charge in [0.15, 0.2) is 5.82 Å². The van der Waals surface area contributed by atoms with Crippen LogP contribution < -0.4 is 5.32 Å². The molecule has 0 saturated carbocycles. The molecule has 116 valence electrons. The summed E-state index contributed by atoms with van der Waals surface area (Å²) in [4.78, 5) is 19.3. The Labute approximate surface area is 137 Å². The predicted molar refractivity (Wildman–Crippen MR) is 90.0 cm³/mol. The van der Waals surface area contributed by atoms with Crippen LogP contribution in [0, 0.1) is 0 Å². The molecule has 0 unspecified atom stereocenters. The highest BCUT2D eigenvalue weighted by Crippen LogP contribution is 2.16. The number of H-pyrrole nitrogens is 1. The Morgan fingerprint density at radius 3 is 2.55 bits per heavy atom. The number of alkyl carbamates (subject to hydrolysis) is 1. The fraction of sp³-hybridized carbons (Fsp3) is 0.250. The van der Waals surface area contributed by atoms with Gasteiger partial charge in [0, 0.05) is 0 Å². The van der Waals surface area contributed by atoms with Gasteiger partial charge in [-0.15, -0.1) is 0 Å². The second-order valence-corrected chi connectivity index (χ2v) is 6.53. The van der Waals surface area contributed by atoms with Crippen LogP contribution in [0.2, 0.25) is 0 Å². The quantitative estimate of drug-likeness (QED) is 0.858. The van der Waals surface area contributed by atoms with Crippen LogP contribution in [0.3, 0.4) is 0 Å². The summed E-state index contributed by atoms with van der Waals surface area (Å²) >= 11 is 3.31. The van der Waals surface area contributed by atoms with Crippen LogP contribution in [-0.2, 0) is 4.74 Å². The zero-order valence-corrected chi connectivity index (χ0v) is 14.3. The number of hydrogen-bond donors (Lipinski definition) is 2. The van der Waals surface area contributed by atoms with Gasteiger partial charge >= 0.3 is 6.09 Å². The molecular formula is C16H18BrN3O2. The molecule has 0 saturated heterocycles. The topological polar surface area (TPSA) is 67.0 Å². The van der Waals surface area contributed by atoms with Crippen molar-refractivity contribution in [3.05, 3.63) is 52.5 Å². The average Bonchev–Trinajstić information content (AvgIpc) is 2.84. The smallest absolute Gasteiger partial charge is 0.412 e. The van der Waals surface area contributed by atoms with Crippen molar-refractivity contribution in [3.63, 3.8) is 0 Å². The summed E-state index contributed by atoms with van der Waals surface area (Å²) in [6.07, 6.45) is 2.93. The maximum absolute atomic E-state index is 12.0. The van der Waals surface area contributed by atoms with Gasteiger partial charge in [-0.2, -0.15) is 0 Å². The third kappa shape index (κ3) is 5.04. The molecule has 1 heterocycles. The summed E-state index contributed by atoms with van der Waals surface area (Å²) in [5.41, 5.74) is 0.915. The molecule has 0 aliphatic carbocycles. The van der Waals surface area contributed by atoms with Gasteiger partial charge in [0.05, 0.1) is 11.9 Å². The molecule has 2 rings (SSSR count). The predicted octanol–water partition coefficient (Wildman–Crippen LogP) is 4.20. The fourth-order valence-corrected chi connectivity index (χ4v) is 2.02. The van der Waals surface area contributed by atoms with E-state index in [2.05, 4.69) is 31.2 Å². The van der Waals surface area contributed by atoms with E-state index in [0.717, 1.165) is 10.2 Å². The van der Waals surface area contributed by atoms with Crippen molar-refractivity contribution >= 4 is 33.8 Å². The molecule has 0 radical (unpaired) electrons. The minimum Gasteiger partial charge on any atom is -0.444 e. The summed E-state index contributed by atoms with van der Waals surface area (Å²) < 4.78 is 6.02. The highest BCUT2D eigenvalue weighted by Gasteiger charge is 2.18. The van der Waals surface area contributed by atoms with Crippen LogP contribution in [0.4, 0.5) is 4.79 Å². The zero-order chi connectivity index (χ0) is 16.2. The molecule has 0 aliphatic rings. The Balaban J connectivity index is 2.27. The number of benzene rings is 1. The van der Waals surface area contributed by atoms with Crippen LogP contribution in [0.25, 0.3) is 11.8 Å². The van der Waals surface area contributed by atoms with E-state index >= 15 is 0 Å². The summed E-state index contributed by atoms with van der Waals surface area (Å²) in [7, 11) is 0. The van der Waals surface area contributed by atoms with E-state index in [1.54, 1.807) is 6.20 Å². The zero-order valence-electron chi connectivity index (χ0n) is 12.7. The number of rotatable bonds is 3. The Hall–Kier alpha value is -2.08. The summed E-state index contributed by atoms with van der Waals surface area (Å²) in [6.45, 7) is 5.45. The Kier molecular flexibility index (Phi) is 5.03. The first kappa shape index (κ1) is 16.3. The van der Waals surface area contributed by atoms with Crippen LogP contribution in [0.1, 0.15) is 32.2 Å². The average molecular weight is 364 g/mol. The fourth-order valence-electron chi connectivity index (χ4n) is 1.73. The molecule has 0 fully saturated rings. The number of ether oxygens (including phenoxy) is 1. The molecule has 0 spiro atoms. The van der Waals surface area contributed by atoms with E-state index in [0.29, 0.717) is 11.5 Å². The van der Waals surface area contributed by atoms with E-state index in [9.17, 15) is 4.79 Å². The van der Waals surface area contributed by atoms with Crippen molar-refractivity contribution in [2.75, 3.05) is 0 Å². The standard InChI is InChI=1S/C16H18BrN3O2/c1-16(2,3)22-15(21)19-12(14-18-10-13(17)20-14)9-11-7-5-4-6-8-11/h4-10H,1-3H3,(H,18,20)(H,19,21). The number of aromatic amines is 1. The van der Waals surface area contributed by atoms with E-state index < -0.39 is 11.7 Å². The molecule has 0 aliphatic heterocycles. The first-order valence-electron chi connectivity index (χ1n) is 6.81. The molecule has 0 bridgehead atoms. The lowest BCUT2D eigenvalue weighted by molar-refractivity contribution is 0.0558. The molecule has 2 aromatic rings. The first-order valence-corrected chi connectivity index (χ1v) is 7.60. The second kappa shape index (κ2) is 6.79. The van der Waals surface area contributed by atoms with Crippen molar-refractivity contribution in [3.8, 4) is 0 Å². The number of aromatic nitrogens is 2. The van der Waals surface area contributed by atoms with Crippen LogP contribution in [0.5, 0.6) is 0 Å². The normalized spacial score (nSPS) is 12.1. The van der Waals surface area contributed by atoms with E-state index in [1.165, 1.54) is 0 Å². The van der Waals surface area contributed by atoms with E-state index in [-0.39, 0.29) is 0 Å². The molecule has 22 heavy (non-hydrogen) atoms. The Morgan fingerprint density at radius 1 is 1.32 bits per heavy atom. The summed E-state index contributed by atoms with van der Waals surface area (Å²) in [5.74, 6) is 0.543. The second-order valence-electron chi connectivity index (χ2n) is 5.68. The van der Waals surface area contributed by atoms with E-state index in [1.807, 2.05) is 57.2 Å². The van der Waals surface area contributed by atoms with Crippen LogP contribution in [-0.4, -0.2) is 21.7 Å². The maximum Gasteiger partial charge on any atom is 0.412 e. The van der Waals surface area contributed by atoms with Crippen molar-refractivity contribution in [2.24, 2.45) is 0 Å². The highest BCUT2D eigenvalue weighted by atomic mass is 79.9. The van der Waals surface area contributed by atoms with E-state index in [4.69, 9.17) is 4.74 Å². The summed E-state index contributed by atoms with van der Waals surface area (Å²) in [5, 5.41) is 2.74. The van der Waals surface area contributed by atoms with Crippen molar-refractivity contribution in [1.82, 2.24) is 15.3 Å². The molecule has 1 aromatic heterocycles. The Bertz CT molecular complexity index is 672.